The van der Waals surface area contributed by atoms with E-state index in [0.717, 1.165) is 33.4 Å². The molecule has 0 spiro atoms. The number of anilines is 2. The fraction of sp³-hybridized carbons (Fsp3) is 0. The van der Waals surface area contributed by atoms with Crippen molar-refractivity contribution >= 4 is 11.4 Å². The Bertz CT molecular complexity index is 1100. The Morgan fingerprint density at radius 1 is 0.481 bits per heavy atom. The molecule has 0 bridgehead atoms. The Morgan fingerprint density at radius 3 is 1.81 bits per heavy atom. The standard InChI is InChI=1S/C24H20N2O/c25-23-20(17-9-6-10-18(27)15-17)13-14-22(24(23)26)21-12-5-4-11-19(21)16-7-2-1-3-8-16/h1-15,27H,25-26H2. The fourth-order valence-electron chi connectivity index (χ4n) is 3.38. The first-order valence-corrected chi connectivity index (χ1v) is 8.77. The zero-order chi connectivity index (χ0) is 18.8. The van der Waals surface area contributed by atoms with Crippen molar-refractivity contribution in [3.8, 4) is 39.1 Å². The van der Waals surface area contributed by atoms with Crippen molar-refractivity contribution in [1.82, 2.24) is 0 Å². The normalized spacial score (nSPS) is 10.7. The molecule has 3 nitrogen and oxygen atoms in total. The van der Waals surface area contributed by atoms with Gasteiger partial charge in [0.25, 0.3) is 0 Å². The average Bonchev–Trinajstić information content (AvgIpc) is 2.71. The van der Waals surface area contributed by atoms with Crippen LogP contribution in [-0.4, -0.2) is 5.11 Å². The highest BCUT2D eigenvalue weighted by atomic mass is 16.3. The summed E-state index contributed by atoms with van der Waals surface area (Å²) in [6.07, 6.45) is 0. The highest BCUT2D eigenvalue weighted by molar-refractivity contribution is 5.97. The molecular formula is C24H20N2O. The SMILES string of the molecule is Nc1c(-c2cccc(O)c2)ccc(-c2ccccc2-c2ccccc2)c1N. The van der Waals surface area contributed by atoms with Crippen LogP contribution in [0, 0.1) is 0 Å². The maximum Gasteiger partial charge on any atom is 0.116 e. The van der Waals surface area contributed by atoms with Gasteiger partial charge in [-0.3, -0.25) is 0 Å². The minimum atomic E-state index is 0.198. The van der Waals surface area contributed by atoms with Gasteiger partial charge in [0.2, 0.25) is 0 Å². The molecule has 5 N–H and O–H groups in total. The summed E-state index contributed by atoms with van der Waals surface area (Å²) in [7, 11) is 0. The van der Waals surface area contributed by atoms with Crippen LogP contribution in [0.2, 0.25) is 0 Å². The van der Waals surface area contributed by atoms with Crippen LogP contribution in [0.1, 0.15) is 0 Å². The predicted molar refractivity (Wildman–Crippen MR) is 113 cm³/mol. The second-order valence-corrected chi connectivity index (χ2v) is 6.45. The Morgan fingerprint density at radius 2 is 1.07 bits per heavy atom. The molecule has 0 amide bonds. The summed E-state index contributed by atoms with van der Waals surface area (Å²) in [5.41, 5.74) is 19.7. The maximum atomic E-state index is 9.76. The Kier molecular flexibility index (Phi) is 4.27. The quantitative estimate of drug-likeness (QED) is 0.423. The van der Waals surface area contributed by atoms with Crippen LogP contribution in [0.15, 0.2) is 91.0 Å². The van der Waals surface area contributed by atoms with Crippen molar-refractivity contribution in [2.24, 2.45) is 0 Å². The van der Waals surface area contributed by atoms with Gasteiger partial charge in [0.15, 0.2) is 0 Å². The lowest BCUT2D eigenvalue weighted by molar-refractivity contribution is 0.475. The molecule has 0 aliphatic heterocycles. The van der Waals surface area contributed by atoms with Crippen LogP contribution in [-0.2, 0) is 0 Å². The maximum absolute atomic E-state index is 9.76. The molecule has 0 heterocycles. The van der Waals surface area contributed by atoms with Crippen molar-refractivity contribution in [2.75, 3.05) is 11.5 Å². The number of nitrogens with two attached hydrogens (primary N) is 2. The third kappa shape index (κ3) is 3.11. The molecule has 0 aromatic heterocycles. The van der Waals surface area contributed by atoms with Gasteiger partial charge in [0.05, 0.1) is 11.4 Å². The molecule has 3 heteroatoms. The van der Waals surface area contributed by atoms with Crippen LogP contribution in [0.4, 0.5) is 11.4 Å². The molecule has 0 aliphatic rings. The van der Waals surface area contributed by atoms with Gasteiger partial charge in [-0.2, -0.15) is 0 Å². The van der Waals surface area contributed by atoms with E-state index in [1.54, 1.807) is 18.2 Å². The molecule has 4 rings (SSSR count). The molecule has 132 valence electrons. The molecular weight excluding hydrogens is 332 g/mol. The first-order chi connectivity index (χ1) is 13.1. The van der Waals surface area contributed by atoms with Gasteiger partial charge in [-0.1, -0.05) is 78.9 Å². The summed E-state index contributed by atoms with van der Waals surface area (Å²) in [6, 6.07) is 29.3. The highest BCUT2D eigenvalue weighted by Gasteiger charge is 2.14. The first kappa shape index (κ1) is 16.7. The van der Waals surface area contributed by atoms with Crippen molar-refractivity contribution in [2.45, 2.75) is 0 Å². The minimum Gasteiger partial charge on any atom is -0.508 e. The summed E-state index contributed by atoms with van der Waals surface area (Å²) in [5.74, 6) is 0.198. The number of aromatic hydroxyl groups is 1. The van der Waals surface area contributed by atoms with Crippen LogP contribution in [0.3, 0.4) is 0 Å². The third-order valence-corrected chi connectivity index (χ3v) is 4.75. The van der Waals surface area contributed by atoms with Gasteiger partial charge in [-0.25, -0.2) is 0 Å². The van der Waals surface area contributed by atoms with Crippen LogP contribution < -0.4 is 11.5 Å². The first-order valence-electron chi connectivity index (χ1n) is 8.77. The smallest absolute Gasteiger partial charge is 0.116 e. The van der Waals surface area contributed by atoms with E-state index in [9.17, 15) is 5.11 Å². The fourth-order valence-corrected chi connectivity index (χ4v) is 3.38. The molecule has 0 saturated carbocycles. The highest BCUT2D eigenvalue weighted by Crippen LogP contribution is 2.41. The Hall–Kier alpha value is -3.72. The zero-order valence-electron chi connectivity index (χ0n) is 14.8. The van der Waals surface area contributed by atoms with Crippen molar-refractivity contribution in [3.05, 3.63) is 91.0 Å². The second kappa shape index (κ2) is 6.89. The lowest BCUT2D eigenvalue weighted by Crippen LogP contribution is -2.00. The lowest BCUT2D eigenvalue weighted by Gasteiger charge is -2.16. The second-order valence-electron chi connectivity index (χ2n) is 6.45. The van der Waals surface area contributed by atoms with E-state index in [4.69, 9.17) is 11.5 Å². The molecule has 0 radical (unpaired) electrons. The number of phenols is 1. The molecule has 4 aromatic rings. The summed E-state index contributed by atoms with van der Waals surface area (Å²) < 4.78 is 0. The third-order valence-electron chi connectivity index (χ3n) is 4.75. The van der Waals surface area contributed by atoms with E-state index in [-0.39, 0.29) is 5.75 Å². The molecule has 0 fully saturated rings. The minimum absolute atomic E-state index is 0.198. The molecule has 4 aromatic carbocycles. The monoisotopic (exact) mass is 352 g/mol. The van der Waals surface area contributed by atoms with Crippen molar-refractivity contribution < 1.29 is 5.11 Å². The summed E-state index contributed by atoms with van der Waals surface area (Å²) in [6.45, 7) is 0. The largest absolute Gasteiger partial charge is 0.508 e. The topological polar surface area (TPSA) is 72.3 Å². The van der Waals surface area contributed by atoms with Crippen molar-refractivity contribution in [1.29, 1.82) is 0 Å². The Balaban J connectivity index is 1.87. The Labute approximate surface area is 158 Å². The van der Waals surface area contributed by atoms with Gasteiger partial charge < -0.3 is 16.6 Å². The number of nitrogen functional groups attached to an aromatic ring is 2. The number of benzene rings is 4. The van der Waals surface area contributed by atoms with E-state index in [2.05, 4.69) is 24.3 Å². The number of phenolic OH excluding ortho intramolecular Hbond substituents is 1. The summed E-state index contributed by atoms with van der Waals surface area (Å²) in [5, 5.41) is 9.76. The van der Waals surface area contributed by atoms with Gasteiger partial charge >= 0.3 is 0 Å². The van der Waals surface area contributed by atoms with E-state index in [1.165, 1.54) is 0 Å². The number of rotatable bonds is 3. The summed E-state index contributed by atoms with van der Waals surface area (Å²) >= 11 is 0. The molecule has 0 atom stereocenters. The van der Waals surface area contributed by atoms with Crippen LogP contribution in [0.5, 0.6) is 5.75 Å². The van der Waals surface area contributed by atoms with Gasteiger partial charge in [0, 0.05) is 11.1 Å². The molecule has 0 aliphatic carbocycles. The van der Waals surface area contributed by atoms with Crippen LogP contribution in [0.25, 0.3) is 33.4 Å². The van der Waals surface area contributed by atoms with E-state index in [1.807, 2.05) is 48.5 Å². The average molecular weight is 352 g/mol. The van der Waals surface area contributed by atoms with Gasteiger partial charge in [-0.05, 0) is 34.4 Å². The predicted octanol–water partition coefficient (Wildman–Crippen LogP) is 5.56. The molecule has 0 saturated heterocycles. The molecule has 27 heavy (non-hydrogen) atoms. The van der Waals surface area contributed by atoms with Crippen molar-refractivity contribution in [3.63, 3.8) is 0 Å². The summed E-state index contributed by atoms with van der Waals surface area (Å²) in [4.78, 5) is 0. The number of hydrogen-bond acceptors (Lipinski definition) is 3. The van der Waals surface area contributed by atoms with Gasteiger partial charge in [-0.15, -0.1) is 0 Å². The van der Waals surface area contributed by atoms with E-state index >= 15 is 0 Å². The van der Waals surface area contributed by atoms with Gasteiger partial charge in [0.1, 0.15) is 5.75 Å². The van der Waals surface area contributed by atoms with E-state index < -0.39 is 0 Å². The number of hydrogen-bond donors (Lipinski definition) is 3. The van der Waals surface area contributed by atoms with E-state index in [0.29, 0.717) is 11.4 Å². The zero-order valence-corrected chi connectivity index (χ0v) is 14.8. The van der Waals surface area contributed by atoms with Crippen LogP contribution >= 0.6 is 0 Å². The molecule has 0 unspecified atom stereocenters. The lowest BCUT2D eigenvalue weighted by atomic mass is 9.91.